The topological polar surface area (TPSA) is 92.7 Å². The quantitative estimate of drug-likeness (QED) is 0.185. The summed E-state index contributed by atoms with van der Waals surface area (Å²) in [7, 11) is 0. The van der Waals surface area contributed by atoms with Gasteiger partial charge in [-0.25, -0.2) is 0 Å². The molecule has 2 N–H and O–H groups in total. The summed E-state index contributed by atoms with van der Waals surface area (Å²) in [5.41, 5.74) is 2.83. The molecule has 5 aliphatic rings. The zero-order valence-corrected chi connectivity index (χ0v) is 33.6. The third kappa shape index (κ3) is 6.24. The normalized spacial score (nSPS) is 37.4. The monoisotopic (exact) mass is 721 g/mol. The van der Waals surface area contributed by atoms with Crippen LogP contribution in [-0.2, 0) is 25.7 Å². The smallest absolute Gasteiger partial charge is 0.309 e. The molecular formula is C44H64ClNO5. The number of carbonyl (C=O) groups excluding carboxylic acids is 2. The summed E-state index contributed by atoms with van der Waals surface area (Å²) >= 11 is 6.26. The van der Waals surface area contributed by atoms with Crippen LogP contribution >= 0.6 is 11.6 Å². The van der Waals surface area contributed by atoms with Crippen molar-refractivity contribution in [2.75, 3.05) is 6.54 Å². The Balaban J connectivity index is 1.24. The van der Waals surface area contributed by atoms with Gasteiger partial charge in [0.05, 0.1) is 11.8 Å². The van der Waals surface area contributed by atoms with Crippen LogP contribution in [0.3, 0.4) is 0 Å². The molecule has 0 radical (unpaired) electrons. The third-order valence-corrected chi connectivity index (χ3v) is 16.2. The largest absolute Gasteiger partial charge is 0.481 e. The van der Waals surface area contributed by atoms with Gasteiger partial charge in [-0.1, -0.05) is 77.8 Å². The zero-order chi connectivity index (χ0) is 37.4. The highest BCUT2D eigenvalue weighted by Gasteiger charge is 2.70. The highest BCUT2D eigenvalue weighted by atomic mass is 35.5. The van der Waals surface area contributed by atoms with Gasteiger partial charge in [-0.05, 0) is 141 Å². The lowest BCUT2D eigenvalue weighted by molar-refractivity contribution is -0.233. The number of ketones is 1. The highest BCUT2D eigenvalue weighted by Crippen LogP contribution is 2.77. The number of benzene rings is 1. The number of hydrogen-bond donors (Lipinski definition) is 2. The fourth-order valence-corrected chi connectivity index (χ4v) is 13.3. The number of carboxylic acid groups (broad SMARTS) is 1. The standard InChI is InChI=1S/C44H64ClNO5/c1-27(2)36-31(47)24-44(21-22-46-26-28-11-10-12-29(45)23-28)20-19-42(8)30(37(36)44)13-14-33-41(7)17-16-34(51-35(48)25-39(3,4)38(49)50)40(5,6)32(41)15-18-43(33,42)9/h10-12,23,27,30,32-34,46H,13-22,24-26H2,1-9H3,(H,49,50)/t30-,32?,33-,34+,41+,42-,43-,44-/m1/s1. The third-order valence-electron chi connectivity index (χ3n) is 16.0. The Morgan fingerprint density at radius 2 is 1.71 bits per heavy atom. The van der Waals surface area contributed by atoms with E-state index in [0.717, 1.165) is 75.1 Å². The van der Waals surface area contributed by atoms with Gasteiger partial charge in [-0.2, -0.15) is 0 Å². The van der Waals surface area contributed by atoms with Gasteiger partial charge < -0.3 is 15.2 Å². The Hall–Kier alpha value is -2.18. The SMILES string of the molecule is CC(C)C1=C2[C@H]3CC[C@@H]4[C@@]5(C)CC[C@H](OC(=O)CC(C)(C)C(=O)O)C(C)(C)C5CC[C@@]4(C)[C@]3(C)CC[C@@]2(CCNCc2cccc(Cl)c2)CC1=O. The van der Waals surface area contributed by atoms with E-state index in [1.54, 1.807) is 13.8 Å². The van der Waals surface area contributed by atoms with E-state index in [0.29, 0.717) is 30.0 Å². The minimum Gasteiger partial charge on any atom is -0.481 e. The van der Waals surface area contributed by atoms with E-state index in [9.17, 15) is 19.5 Å². The number of allylic oxidation sites excluding steroid dienone is 2. The summed E-state index contributed by atoms with van der Waals surface area (Å²) in [6.07, 6.45) is 9.95. The number of nitrogens with one attached hydrogen (secondary N) is 1. The lowest BCUT2D eigenvalue weighted by atomic mass is 9.33. The number of carboxylic acids is 1. The van der Waals surface area contributed by atoms with Crippen molar-refractivity contribution in [3.8, 4) is 0 Å². The molecular weight excluding hydrogens is 658 g/mol. The molecule has 8 atom stereocenters. The van der Waals surface area contributed by atoms with Crippen LogP contribution in [0.25, 0.3) is 0 Å². The number of Topliss-reactive ketones (excluding diaryl/α,β-unsaturated/α-hetero) is 1. The van der Waals surface area contributed by atoms with E-state index in [1.165, 1.54) is 17.6 Å². The summed E-state index contributed by atoms with van der Waals surface area (Å²) < 4.78 is 6.18. The van der Waals surface area contributed by atoms with Crippen molar-refractivity contribution in [2.45, 2.75) is 146 Å². The Kier molecular flexibility index (Phi) is 10.0. The summed E-state index contributed by atoms with van der Waals surface area (Å²) in [5.74, 6) is 0.635. The molecule has 0 spiro atoms. The number of halogens is 1. The molecule has 5 aliphatic carbocycles. The first-order valence-corrected chi connectivity index (χ1v) is 20.3. The van der Waals surface area contributed by atoms with Crippen LogP contribution in [0.4, 0.5) is 0 Å². The molecule has 6 nitrogen and oxygen atoms in total. The Morgan fingerprint density at radius 3 is 2.37 bits per heavy atom. The van der Waals surface area contributed by atoms with Crippen molar-refractivity contribution < 1.29 is 24.2 Å². The Morgan fingerprint density at radius 1 is 0.980 bits per heavy atom. The van der Waals surface area contributed by atoms with Crippen LogP contribution in [0.2, 0.25) is 5.02 Å². The maximum Gasteiger partial charge on any atom is 0.309 e. The van der Waals surface area contributed by atoms with E-state index in [1.807, 2.05) is 18.2 Å². The molecule has 4 saturated carbocycles. The second-order valence-electron chi connectivity index (χ2n) is 19.7. The summed E-state index contributed by atoms with van der Waals surface area (Å²) in [4.78, 5) is 38.8. The predicted molar refractivity (Wildman–Crippen MR) is 203 cm³/mol. The van der Waals surface area contributed by atoms with Crippen molar-refractivity contribution >= 4 is 29.3 Å². The molecule has 1 aromatic rings. The zero-order valence-electron chi connectivity index (χ0n) is 32.8. The van der Waals surface area contributed by atoms with Crippen molar-refractivity contribution in [3.05, 3.63) is 46.0 Å². The van der Waals surface area contributed by atoms with Crippen LogP contribution in [0.1, 0.15) is 139 Å². The molecule has 0 aromatic heterocycles. The Labute approximate surface area is 312 Å². The summed E-state index contributed by atoms with van der Waals surface area (Å²) in [6.45, 7) is 21.7. The average Bonchev–Trinajstić information content (AvgIpc) is 3.33. The van der Waals surface area contributed by atoms with Gasteiger partial charge >= 0.3 is 11.9 Å². The fraction of sp³-hybridized carbons (Fsp3) is 0.750. The second kappa shape index (κ2) is 13.3. The van der Waals surface area contributed by atoms with Crippen LogP contribution in [0.5, 0.6) is 0 Å². The molecule has 51 heavy (non-hydrogen) atoms. The van der Waals surface area contributed by atoms with Gasteiger partial charge in [0.2, 0.25) is 0 Å². The fourth-order valence-electron chi connectivity index (χ4n) is 13.1. The van der Waals surface area contributed by atoms with Crippen molar-refractivity contribution in [1.29, 1.82) is 0 Å². The highest BCUT2D eigenvalue weighted by molar-refractivity contribution is 6.30. The van der Waals surface area contributed by atoms with Gasteiger partial charge in [0.25, 0.3) is 0 Å². The minimum absolute atomic E-state index is 0.0500. The lowest BCUT2D eigenvalue weighted by Gasteiger charge is -2.72. The molecule has 1 unspecified atom stereocenters. The van der Waals surface area contributed by atoms with E-state index in [-0.39, 0.29) is 45.5 Å². The van der Waals surface area contributed by atoms with Crippen LogP contribution in [0.15, 0.2) is 35.4 Å². The van der Waals surface area contributed by atoms with Crippen LogP contribution in [-0.4, -0.2) is 35.5 Å². The molecule has 282 valence electrons. The van der Waals surface area contributed by atoms with E-state index in [4.69, 9.17) is 16.3 Å². The second-order valence-corrected chi connectivity index (χ2v) is 20.2. The van der Waals surface area contributed by atoms with E-state index in [2.05, 4.69) is 59.8 Å². The molecule has 0 saturated heterocycles. The number of esters is 1. The van der Waals surface area contributed by atoms with E-state index < -0.39 is 17.4 Å². The molecule has 4 fully saturated rings. The van der Waals surface area contributed by atoms with Crippen LogP contribution in [0, 0.1) is 56.2 Å². The van der Waals surface area contributed by atoms with Crippen molar-refractivity contribution in [1.82, 2.24) is 5.32 Å². The molecule has 7 heteroatoms. The first kappa shape index (κ1) is 38.5. The molecule has 1 aromatic carbocycles. The van der Waals surface area contributed by atoms with Crippen LogP contribution < -0.4 is 5.32 Å². The number of aliphatic carboxylic acids is 1. The number of rotatable bonds is 10. The lowest BCUT2D eigenvalue weighted by Crippen LogP contribution is -2.65. The first-order valence-electron chi connectivity index (χ1n) is 19.9. The number of hydrogen-bond acceptors (Lipinski definition) is 5. The maximum absolute atomic E-state index is 14.0. The van der Waals surface area contributed by atoms with Gasteiger partial charge in [0.1, 0.15) is 6.10 Å². The maximum atomic E-state index is 14.0. The number of fused-ring (bicyclic) bond motifs is 7. The van der Waals surface area contributed by atoms with Gasteiger partial charge in [-0.3, -0.25) is 14.4 Å². The predicted octanol–water partition coefficient (Wildman–Crippen LogP) is 10.2. The summed E-state index contributed by atoms with van der Waals surface area (Å²) in [6, 6.07) is 8.05. The van der Waals surface area contributed by atoms with Crippen molar-refractivity contribution in [2.24, 2.45) is 56.2 Å². The number of carbonyl (C=O) groups is 3. The molecule has 6 rings (SSSR count). The molecule has 0 heterocycles. The number of ether oxygens (including phenoxy) is 1. The molecule has 0 amide bonds. The van der Waals surface area contributed by atoms with Crippen molar-refractivity contribution in [3.63, 3.8) is 0 Å². The van der Waals surface area contributed by atoms with Gasteiger partial charge in [0.15, 0.2) is 5.78 Å². The van der Waals surface area contributed by atoms with Gasteiger partial charge in [0, 0.05) is 28.8 Å². The van der Waals surface area contributed by atoms with E-state index >= 15 is 0 Å². The molecule has 0 aliphatic heterocycles. The minimum atomic E-state index is -1.15. The Bertz CT molecular complexity index is 1590. The molecule has 0 bridgehead atoms. The first-order chi connectivity index (χ1) is 23.7. The average molecular weight is 722 g/mol. The van der Waals surface area contributed by atoms with Gasteiger partial charge in [-0.15, -0.1) is 0 Å². The summed E-state index contributed by atoms with van der Waals surface area (Å²) in [5, 5.41) is 14.1.